The van der Waals surface area contributed by atoms with E-state index in [1.807, 2.05) is 6.92 Å². The lowest BCUT2D eigenvalue weighted by Gasteiger charge is -2.44. The fourth-order valence-corrected chi connectivity index (χ4v) is 4.55. The van der Waals surface area contributed by atoms with Crippen LogP contribution in [0.4, 0.5) is 4.39 Å². The van der Waals surface area contributed by atoms with Crippen LogP contribution in [0.5, 0.6) is 5.75 Å². The van der Waals surface area contributed by atoms with Gasteiger partial charge in [0.25, 0.3) is 5.91 Å². The van der Waals surface area contributed by atoms with Crippen molar-refractivity contribution in [2.45, 2.75) is 25.8 Å². The van der Waals surface area contributed by atoms with Crippen molar-refractivity contribution in [3.05, 3.63) is 41.3 Å². The molecule has 3 fully saturated rings. The summed E-state index contributed by atoms with van der Waals surface area (Å²) in [5.74, 6) is -0.811. The van der Waals surface area contributed by atoms with Crippen LogP contribution in [0, 0.1) is 18.7 Å². The number of rotatable bonds is 3. The van der Waals surface area contributed by atoms with E-state index in [0.717, 1.165) is 32.5 Å². The van der Waals surface area contributed by atoms with Gasteiger partial charge in [-0.3, -0.25) is 9.89 Å². The van der Waals surface area contributed by atoms with Crippen LogP contribution in [-0.4, -0.2) is 56.8 Å². The second-order valence-electron chi connectivity index (χ2n) is 7.97. The summed E-state index contributed by atoms with van der Waals surface area (Å²) in [7, 11) is 0. The third kappa shape index (κ3) is 3.13. The molecule has 1 aromatic carbocycles. The molecule has 3 aromatic rings. The molecule has 3 aliphatic heterocycles. The number of aromatic nitrogens is 3. The Kier molecular flexibility index (Phi) is 4.24. The molecule has 0 unspecified atom stereocenters. The van der Waals surface area contributed by atoms with E-state index in [1.165, 1.54) is 12.1 Å². The molecule has 3 N–H and O–H groups in total. The monoisotopic (exact) mass is 395 g/mol. The van der Waals surface area contributed by atoms with Gasteiger partial charge in [-0.05, 0) is 63.0 Å². The van der Waals surface area contributed by atoms with Crippen LogP contribution in [0.2, 0.25) is 0 Å². The Labute approximate surface area is 166 Å². The zero-order chi connectivity index (χ0) is 20.1. The Hall–Kier alpha value is -3.00. The molecule has 6 rings (SSSR count). The van der Waals surface area contributed by atoms with E-state index in [4.69, 9.17) is 0 Å². The first-order valence-electron chi connectivity index (χ1n) is 9.87. The number of hydrogen-bond donors (Lipinski definition) is 3. The molecule has 0 saturated carbocycles. The number of carbonyl (C=O) groups is 1. The van der Waals surface area contributed by atoms with Gasteiger partial charge in [0.05, 0.1) is 22.3 Å². The van der Waals surface area contributed by atoms with Crippen molar-refractivity contribution >= 4 is 16.9 Å². The molecule has 8 heteroatoms. The van der Waals surface area contributed by atoms with Crippen LogP contribution in [0.15, 0.2) is 24.3 Å². The Bertz CT molecular complexity index is 1100. The lowest BCUT2D eigenvalue weighted by molar-refractivity contribution is 0.0621. The van der Waals surface area contributed by atoms with Gasteiger partial charge in [0, 0.05) is 18.2 Å². The van der Waals surface area contributed by atoms with E-state index in [9.17, 15) is 14.3 Å². The second kappa shape index (κ2) is 6.81. The maximum atomic E-state index is 13.9. The number of aromatic hydroxyl groups is 1. The highest BCUT2D eigenvalue weighted by Crippen LogP contribution is 2.30. The fourth-order valence-electron chi connectivity index (χ4n) is 4.55. The molecule has 3 aliphatic rings. The molecule has 2 aromatic heterocycles. The van der Waals surface area contributed by atoms with Crippen LogP contribution < -0.4 is 5.32 Å². The van der Waals surface area contributed by atoms with Gasteiger partial charge in [0.15, 0.2) is 17.2 Å². The molecule has 150 valence electrons. The molecule has 5 heterocycles. The van der Waals surface area contributed by atoms with E-state index in [-0.39, 0.29) is 11.9 Å². The summed E-state index contributed by atoms with van der Waals surface area (Å²) in [5, 5.41) is 20.4. The van der Waals surface area contributed by atoms with Crippen LogP contribution in [0.1, 0.15) is 28.9 Å². The summed E-state index contributed by atoms with van der Waals surface area (Å²) in [5.41, 5.74) is 2.56. The van der Waals surface area contributed by atoms with Gasteiger partial charge in [0.1, 0.15) is 0 Å². The maximum Gasteiger partial charge on any atom is 0.252 e. The second-order valence-corrected chi connectivity index (χ2v) is 7.97. The molecule has 7 nitrogen and oxygen atoms in total. The lowest BCUT2D eigenvalue weighted by Crippen LogP contribution is -2.57. The standard InChI is InChI=1S/C21H22FN5O2/c1-11-19-14(21(29)24-17-10-27-6-4-12(17)5-7-27)9-16(23-20(19)26-25-11)13-2-3-18(28)15(22)8-13/h2-3,8-9,12,17,28H,4-7,10H2,1H3,(H,24,29)(H,23,25,26)/t17-/m0/s1. The van der Waals surface area contributed by atoms with Gasteiger partial charge >= 0.3 is 0 Å². The highest BCUT2D eigenvalue weighted by atomic mass is 19.1. The first-order valence-corrected chi connectivity index (χ1v) is 9.87. The number of pyridine rings is 1. The third-order valence-electron chi connectivity index (χ3n) is 6.17. The van der Waals surface area contributed by atoms with Crippen molar-refractivity contribution < 1.29 is 14.3 Å². The fraction of sp³-hybridized carbons (Fsp3) is 0.381. The number of nitrogens with one attached hydrogen (secondary N) is 2. The van der Waals surface area contributed by atoms with Crippen molar-refractivity contribution in [1.29, 1.82) is 0 Å². The van der Waals surface area contributed by atoms with Crippen LogP contribution in [0.25, 0.3) is 22.3 Å². The summed E-state index contributed by atoms with van der Waals surface area (Å²) < 4.78 is 13.9. The molecule has 0 spiro atoms. The van der Waals surface area contributed by atoms with Crippen molar-refractivity contribution in [1.82, 2.24) is 25.4 Å². The van der Waals surface area contributed by atoms with Gasteiger partial charge in [-0.2, -0.15) is 5.10 Å². The minimum Gasteiger partial charge on any atom is -0.505 e. The number of phenols is 1. The van der Waals surface area contributed by atoms with Crippen molar-refractivity contribution in [3.8, 4) is 17.0 Å². The number of nitrogens with zero attached hydrogens (tertiary/aromatic N) is 3. The number of halogens is 1. The summed E-state index contributed by atoms with van der Waals surface area (Å²) in [6.07, 6.45) is 2.22. The highest BCUT2D eigenvalue weighted by molar-refractivity contribution is 6.07. The molecular weight excluding hydrogens is 373 g/mol. The van der Waals surface area contributed by atoms with Crippen molar-refractivity contribution in [3.63, 3.8) is 0 Å². The molecule has 3 saturated heterocycles. The number of benzene rings is 1. The number of H-pyrrole nitrogens is 1. The SMILES string of the molecule is Cc1n[nH]c2nc(-c3ccc(O)c(F)c3)cc(C(=O)N[C@H]3CN4CCC3CC4)c12. The number of aromatic amines is 1. The Balaban J connectivity index is 1.54. The zero-order valence-electron chi connectivity index (χ0n) is 16.1. The predicted octanol–water partition coefficient (Wildman–Crippen LogP) is 2.60. The van der Waals surface area contributed by atoms with E-state index in [0.29, 0.717) is 39.5 Å². The van der Waals surface area contributed by atoms with E-state index in [1.54, 1.807) is 12.1 Å². The zero-order valence-corrected chi connectivity index (χ0v) is 16.1. The number of amides is 1. The highest BCUT2D eigenvalue weighted by Gasteiger charge is 2.35. The average Bonchev–Trinajstić information content (AvgIpc) is 3.11. The molecule has 0 radical (unpaired) electrons. The van der Waals surface area contributed by atoms with Gasteiger partial charge in [-0.15, -0.1) is 0 Å². The Morgan fingerprint density at radius 2 is 2.10 bits per heavy atom. The quantitative estimate of drug-likeness (QED) is 0.634. The first-order chi connectivity index (χ1) is 14.0. The number of piperidine rings is 3. The number of carbonyl (C=O) groups excluding carboxylic acids is 1. The number of phenolic OH excluding ortho intramolecular Hbond substituents is 1. The number of aryl methyl sites for hydroxylation is 1. The normalized spacial score (nSPS) is 23.4. The maximum absolute atomic E-state index is 13.9. The molecule has 1 atom stereocenters. The minimum absolute atomic E-state index is 0.134. The minimum atomic E-state index is -0.733. The van der Waals surface area contributed by atoms with E-state index < -0.39 is 11.6 Å². The number of hydrogen-bond acceptors (Lipinski definition) is 5. The summed E-state index contributed by atoms with van der Waals surface area (Å²) in [6.45, 7) is 4.92. The van der Waals surface area contributed by atoms with Crippen LogP contribution in [-0.2, 0) is 0 Å². The van der Waals surface area contributed by atoms with Gasteiger partial charge < -0.3 is 15.3 Å². The Morgan fingerprint density at radius 3 is 2.79 bits per heavy atom. The molecule has 29 heavy (non-hydrogen) atoms. The summed E-state index contributed by atoms with van der Waals surface area (Å²) in [4.78, 5) is 20.1. The molecule has 0 aliphatic carbocycles. The largest absolute Gasteiger partial charge is 0.505 e. The summed E-state index contributed by atoms with van der Waals surface area (Å²) in [6, 6.07) is 5.87. The van der Waals surface area contributed by atoms with Gasteiger partial charge in [-0.1, -0.05) is 0 Å². The Morgan fingerprint density at radius 1 is 1.31 bits per heavy atom. The van der Waals surface area contributed by atoms with Crippen LogP contribution in [0.3, 0.4) is 0 Å². The lowest BCUT2D eigenvalue weighted by atomic mass is 9.84. The van der Waals surface area contributed by atoms with Crippen molar-refractivity contribution in [2.75, 3.05) is 19.6 Å². The molecule has 1 amide bonds. The molecular formula is C21H22FN5O2. The average molecular weight is 395 g/mol. The topological polar surface area (TPSA) is 94.1 Å². The first kappa shape index (κ1) is 18.1. The third-order valence-corrected chi connectivity index (χ3v) is 6.17. The van der Waals surface area contributed by atoms with E-state index in [2.05, 4.69) is 25.4 Å². The van der Waals surface area contributed by atoms with Crippen LogP contribution >= 0.6 is 0 Å². The summed E-state index contributed by atoms with van der Waals surface area (Å²) >= 11 is 0. The van der Waals surface area contributed by atoms with Gasteiger partial charge in [0.2, 0.25) is 0 Å². The molecule has 2 bridgehead atoms. The smallest absolute Gasteiger partial charge is 0.252 e. The number of fused-ring (bicyclic) bond motifs is 4. The van der Waals surface area contributed by atoms with E-state index >= 15 is 0 Å². The van der Waals surface area contributed by atoms with Crippen molar-refractivity contribution in [2.24, 2.45) is 5.92 Å². The predicted molar refractivity (Wildman–Crippen MR) is 106 cm³/mol. The van der Waals surface area contributed by atoms with Gasteiger partial charge in [-0.25, -0.2) is 9.37 Å².